The number of benzene rings is 1. The Hall–Kier alpha value is -2.12. The summed E-state index contributed by atoms with van der Waals surface area (Å²) in [6.45, 7) is 5.16. The number of piperidine rings is 1. The number of aliphatic hydroxyl groups is 1. The summed E-state index contributed by atoms with van der Waals surface area (Å²) in [6.07, 6.45) is 3.90. The molecule has 7 nitrogen and oxygen atoms in total. The maximum Gasteiger partial charge on any atom is 0.253 e. The van der Waals surface area contributed by atoms with E-state index in [1.54, 1.807) is 38.3 Å². The summed E-state index contributed by atoms with van der Waals surface area (Å²) in [5.74, 6) is 0.759. The molecule has 2 N–H and O–H groups in total. The number of nitrogens with zero attached hydrogens (tertiary/aromatic N) is 2. The predicted octanol–water partition coefficient (Wildman–Crippen LogP) is 1.65. The molecule has 2 aliphatic rings. The lowest BCUT2D eigenvalue weighted by molar-refractivity contribution is -0.120. The number of nitrogens with one attached hydrogen (secondary N) is 1. The molecule has 2 heterocycles. The van der Waals surface area contributed by atoms with E-state index in [1.165, 1.54) is 0 Å². The van der Waals surface area contributed by atoms with Crippen molar-refractivity contribution in [3.8, 4) is 5.75 Å². The fourth-order valence-electron chi connectivity index (χ4n) is 4.40. The number of hydrogen-bond acceptors (Lipinski definition) is 5. The minimum absolute atomic E-state index is 0.00743. The summed E-state index contributed by atoms with van der Waals surface area (Å²) in [6, 6.07) is 7.41. The summed E-state index contributed by atoms with van der Waals surface area (Å²) in [5.41, 5.74) is -0.119. The Morgan fingerprint density at radius 2 is 1.83 bits per heavy atom. The molecule has 0 aromatic heterocycles. The van der Waals surface area contributed by atoms with E-state index in [4.69, 9.17) is 4.74 Å². The highest BCUT2D eigenvalue weighted by Crippen LogP contribution is 2.26. The third kappa shape index (κ3) is 5.93. The fraction of sp³-hybridized carbons (Fsp3) is 0.636. The van der Waals surface area contributed by atoms with Crippen molar-refractivity contribution >= 4 is 11.8 Å². The highest BCUT2D eigenvalue weighted by molar-refractivity contribution is 5.94. The molecule has 3 rings (SSSR count). The first-order chi connectivity index (χ1) is 13.9. The van der Waals surface area contributed by atoms with Gasteiger partial charge in [0.2, 0.25) is 5.91 Å². The minimum Gasteiger partial charge on any atom is -0.497 e. The normalized spacial score (nSPS) is 24.0. The first-order valence-corrected chi connectivity index (χ1v) is 10.5. The number of carbonyl (C=O) groups excluding carboxylic acids is 2. The second-order valence-electron chi connectivity index (χ2n) is 8.35. The molecular formula is C22H33N3O4. The Morgan fingerprint density at radius 1 is 1.14 bits per heavy atom. The maximum absolute atomic E-state index is 12.8. The van der Waals surface area contributed by atoms with Crippen LogP contribution in [-0.4, -0.2) is 78.2 Å². The van der Waals surface area contributed by atoms with E-state index in [9.17, 15) is 14.7 Å². The summed E-state index contributed by atoms with van der Waals surface area (Å²) < 4.78 is 5.16. The van der Waals surface area contributed by atoms with Crippen molar-refractivity contribution in [2.75, 3.05) is 39.8 Å². The molecule has 2 aliphatic heterocycles. The largest absolute Gasteiger partial charge is 0.497 e. The van der Waals surface area contributed by atoms with Crippen LogP contribution in [0.4, 0.5) is 0 Å². The van der Waals surface area contributed by atoms with Crippen LogP contribution in [0.1, 0.15) is 49.4 Å². The van der Waals surface area contributed by atoms with E-state index in [2.05, 4.69) is 10.2 Å². The van der Waals surface area contributed by atoms with Gasteiger partial charge in [-0.1, -0.05) is 0 Å². The Labute approximate surface area is 173 Å². The lowest BCUT2D eigenvalue weighted by atomic mass is 9.93. The van der Waals surface area contributed by atoms with E-state index < -0.39 is 5.60 Å². The lowest BCUT2D eigenvalue weighted by Crippen LogP contribution is -2.50. The zero-order valence-electron chi connectivity index (χ0n) is 17.5. The van der Waals surface area contributed by atoms with Crippen molar-refractivity contribution in [3.05, 3.63) is 29.8 Å². The van der Waals surface area contributed by atoms with Gasteiger partial charge in [-0.15, -0.1) is 0 Å². The topological polar surface area (TPSA) is 82.1 Å². The highest BCUT2D eigenvalue weighted by atomic mass is 16.5. The van der Waals surface area contributed by atoms with Gasteiger partial charge in [0.15, 0.2) is 0 Å². The molecule has 29 heavy (non-hydrogen) atoms. The van der Waals surface area contributed by atoms with Gasteiger partial charge in [-0.3, -0.25) is 9.59 Å². The van der Waals surface area contributed by atoms with Gasteiger partial charge in [0, 0.05) is 51.3 Å². The molecule has 1 atom stereocenters. The van der Waals surface area contributed by atoms with E-state index >= 15 is 0 Å². The predicted molar refractivity (Wildman–Crippen MR) is 111 cm³/mol. The zero-order chi connectivity index (χ0) is 20.9. The van der Waals surface area contributed by atoms with Crippen LogP contribution < -0.4 is 10.1 Å². The molecule has 2 amide bonds. The van der Waals surface area contributed by atoms with E-state index in [0.717, 1.165) is 38.1 Å². The monoisotopic (exact) mass is 403 g/mol. The molecule has 160 valence electrons. The fourth-order valence-corrected chi connectivity index (χ4v) is 4.40. The highest BCUT2D eigenvalue weighted by Gasteiger charge is 2.34. The Balaban J connectivity index is 1.52. The van der Waals surface area contributed by atoms with Gasteiger partial charge in [0.1, 0.15) is 5.75 Å². The Morgan fingerprint density at radius 3 is 2.45 bits per heavy atom. The number of amides is 2. The average molecular weight is 404 g/mol. The van der Waals surface area contributed by atoms with Gasteiger partial charge in [-0.25, -0.2) is 0 Å². The Kier molecular flexibility index (Phi) is 7.14. The second kappa shape index (κ2) is 9.59. The first-order valence-electron chi connectivity index (χ1n) is 10.5. The molecule has 0 radical (unpaired) electrons. The molecule has 7 heteroatoms. The van der Waals surface area contributed by atoms with Gasteiger partial charge in [0.05, 0.1) is 12.7 Å². The van der Waals surface area contributed by atoms with E-state index in [0.29, 0.717) is 38.0 Å². The first kappa shape index (κ1) is 21.6. The van der Waals surface area contributed by atoms with Crippen molar-refractivity contribution in [1.82, 2.24) is 15.1 Å². The van der Waals surface area contributed by atoms with Crippen molar-refractivity contribution in [3.63, 3.8) is 0 Å². The molecular weight excluding hydrogens is 370 g/mol. The maximum atomic E-state index is 12.8. The van der Waals surface area contributed by atoms with Crippen molar-refractivity contribution < 1.29 is 19.4 Å². The van der Waals surface area contributed by atoms with Crippen LogP contribution in [0.5, 0.6) is 5.75 Å². The smallest absolute Gasteiger partial charge is 0.253 e. The van der Waals surface area contributed by atoms with Crippen molar-refractivity contribution in [2.24, 2.45) is 0 Å². The minimum atomic E-state index is -0.768. The van der Waals surface area contributed by atoms with Gasteiger partial charge in [0.25, 0.3) is 5.91 Å². The summed E-state index contributed by atoms with van der Waals surface area (Å²) >= 11 is 0. The SMILES string of the molecule is COc1ccc(C(=O)N2CCCC(O)(CN3CCC(NC(C)=O)CC3)CC2)cc1. The van der Waals surface area contributed by atoms with Crippen LogP contribution in [0.3, 0.4) is 0 Å². The number of rotatable bonds is 5. The van der Waals surface area contributed by atoms with Gasteiger partial charge in [-0.05, 0) is 56.4 Å². The Bertz CT molecular complexity index is 701. The molecule has 1 aromatic carbocycles. The zero-order valence-corrected chi connectivity index (χ0v) is 17.5. The molecule has 0 saturated carbocycles. The number of carbonyl (C=O) groups is 2. The van der Waals surface area contributed by atoms with Crippen molar-refractivity contribution in [1.29, 1.82) is 0 Å². The van der Waals surface area contributed by atoms with Crippen LogP contribution in [0.25, 0.3) is 0 Å². The molecule has 2 saturated heterocycles. The van der Waals surface area contributed by atoms with Gasteiger partial charge < -0.3 is 25.0 Å². The van der Waals surface area contributed by atoms with Gasteiger partial charge >= 0.3 is 0 Å². The van der Waals surface area contributed by atoms with E-state index in [1.807, 2.05) is 4.90 Å². The summed E-state index contributed by atoms with van der Waals surface area (Å²) in [5, 5.41) is 14.2. The molecule has 0 aliphatic carbocycles. The van der Waals surface area contributed by atoms with Crippen molar-refractivity contribution in [2.45, 2.75) is 50.7 Å². The molecule has 1 unspecified atom stereocenters. The molecule has 0 spiro atoms. The van der Waals surface area contributed by atoms with Crippen LogP contribution in [0, 0.1) is 0 Å². The number of methoxy groups -OCH3 is 1. The number of β-amino-alcohol motifs (C(OH)–C–C–N with tert-alkyl or cyclic N) is 1. The summed E-state index contributed by atoms with van der Waals surface area (Å²) in [4.78, 5) is 28.2. The van der Waals surface area contributed by atoms with Crippen LogP contribution in [-0.2, 0) is 4.79 Å². The standard InChI is InChI=1S/C22H33N3O4/c1-17(26)23-19-8-13-24(14-9-19)16-22(28)10-3-12-25(15-11-22)21(27)18-4-6-20(29-2)7-5-18/h4-7,19,28H,3,8-16H2,1-2H3,(H,23,26). The quantitative estimate of drug-likeness (QED) is 0.781. The van der Waals surface area contributed by atoms with Crippen LogP contribution >= 0.6 is 0 Å². The lowest BCUT2D eigenvalue weighted by Gasteiger charge is -2.38. The van der Waals surface area contributed by atoms with Crippen LogP contribution in [0.2, 0.25) is 0 Å². The number of hydrogen-bond donors (Lipinski definition) is 2. The molecule has 2 fully saturated rings. The van der Waals surface area contributed by atoms with E-state index in [-0.39, 0.29) is 17.9 Å². The van der Waals surface area contributed by atoms with Crippen LogP contribution in [0.15, 0.2) is 24.3 Å². The number of likely N-dealkylation sites (tertiary alicyclic amines) is 2. The third-order valence-corrected chi connectivity index (χ3v) is 6.05. The number of ether oxygens (including phenoxy) is 1. The average Bonchev–Trinajstić information content (AvgIpc) is 2.90. The van der Waals surface area contributed by atoms with Gasteiger partial charge in [-0.2, -0.15) is 0 Å². The summed E-state index contributed by atoms with van der Waals surface area (Å²) in [7, 11) is 1.61. The molecule has 1 aromatic rings. The third-order valence-electron chi connectivity index (χ3n) is 6.05. The molecule has 0 bridgehead atoms. The second-order valence-corrected chi connectivity index (χ2v) is 8.35.